The molecule has 78 valence electrons. The van der Waals surface area contributed by atoms with Gasteiger partial charge in [0.15, 0.2) is 0 Å². The molecule has 0 saturated heterocycles. The third-order valence-corrected chi connectivity index (χ3v) is 3.08. The van der Waals surface area contributed by atoms with Gasteiger partial charge in [0.1, 0.15) is 5.75 Å². The second kappa shape index (κ2) is 4.13. The number of azide groups is 1. The van der Waals surface area contributed by atoms with Crippen LogP contribution in [0, 0.1) is 0 Å². The zero-order valence-corrected chi connectivity index (χ0v) is 9.86. The summed E-state index contributed by atoms with van der Waals surface area (Å²) >= 11 is 3.43. The molecule has 1 aliphatic rings. The third-order valence-electron chi connectivity index (χ3n) is 2.62. The number of nitrogens with zero attached hydrogens (tertiary/aromatic N) is 3. The molecule has 15 heavy (non-hydrogen) atoms. The summed E-state index contributed by atoms with van der Waals surface area (Å²) in [5, 5.41) is 3.79. The Bertz CT molecular complexity index is 441. The summed E-state index contributed by atoms with van der Waals surface area (Å²) in [5.41, 5.74) is 10.7. The van der Waals surface area contributed by atoms with Crippen LogP contribution in [0.1, 0.15) is 23.6 Å². The molecule has 1 atom stereocenters. The zero-order chi connectivity index (χ0) is 10.8. The summed E-state index contributed by atoms with van der Waals surface area (Å²) in [6.07, 6.45) is 1.81. The van der Waals surface area contributed by atoms with Gasteiger partial charge in [0.2, 0.25) is 0 Å². The zero-order valence-electron chi connectivity index (χ0n) is 8.27. The van der Waals surface area contributed by atoms with E-state index in [0.29, 0.717) is 0 Å². The lowest BCUT2D eigenvalue weighted by molar-refractivity contribution is 0.406. The van der Waals surface area contributed by atoms with Gasteiger partial charge in [-0.2, -0.15) is 0 Å². The van der Waals surface area contributed by atoms with Crippen LogP contribution in [0.25, 0.3) is 10.4 Å². The Hall–Kier alpha value is -1.19. The van der Waals surface area contributed by atoms with Crippen molar-refractivity contribution >= 4 is 15.9 Å². The molecular weight excluding hydrogens is 258 g/mol. The van der Waals surface area contributed by atoms with Crippen LogP contribution in [0.3, 0.4) is 0 Å². The van der Waals surface area contributed by atoms with Gasteiger partial charge in [0.05, 0.1) is 13.2 Å². The minimum atomic E-state index is -0.0759. The van der Waals surface area contributed by atoms with Crippen molar-refractivity contribution in [1.82, 2.24) is 0 Å². The standard InChI is InChI=1S/C10H10BrN3O/c1-15-9-5-7(11)4-6-2-3-8(10(6)9)13-14-12/h4-5,8H,2-3H2,1H3/t8-/m1/s1. The van der Waals surface area contributed by atoms with Crippen LogP contribution in [0.5, 0.6) is 5.75 Å². The van der Waals surface area contributed by atoms with E-state index in [1.165, 1.54) is 5.56 Å². The van der Waals surface area contributed by atoms with Crippen molar-refractivity contribution in [3.63, 3.8) is 0 Å². The molecule has 0 aliphatic heterocycles. The number of hydrogen-bond donors (Lipinski definition) is 0. The molecule has 1 aromatic rings. The van der Waals surface area contributed by atoms with E-state index in [2.05, 4.69) is 32.0 Å². The average Bonchev–Trinajstić information content (AvgIpc) is 2.61. The van der Waals surface area contributed by atoms with Crippen LogP contribution in [0.4, 0.5) is 0 Å². The van der Waals surface area contributed by atoms with Crippen molar-refractivity contribution in [3.05, 3.63) is 38.2 Å². The minimum Gasteiger partial charge on any atom is -0.496 e. The first-order chi connectivity index (χ1) is 7.26. The molecule has 0 spiro atoms. The summed E-state index contributed by atoms with van der Waals surface area (Å²) in [7, 11) is 1.63. The summed E-state index contributed by atoms with van der Waals surface area (Å²) in [6, 6.07) is 3.89. The lowest BCUT2D eigenvalue weighted by Crippen LogP contribution is -1.94. The Morgan fingerprint density at radius 1 is 1.60 bits per heavy atom. The van der Waals surface area contributed by atoms with E-state index < -0.39 is 0 Å². The Balaban J connectivity index is 2.54. The third kappa shape index (κ3) is 1.80. The molecule has 0 fully saturated rings. The number of methoxy groups -OCH3 is 1. The quantitative estimate of drug-likeness (QED) is 0.457. The molecule has 0 radical (unpaired) electrons. The van der Waals surface area contributed by atoms with Gasteiger partial charge in [-0.3, -0.25) is 0 Å². The van der Waals surface area contributed by atoms with Gasteiger partial charge in [0.25, 0.3) is 0 Å². The number of ether oxygens (including phenoxy) is 1. The number of aryl methyl sites for hydroxylation is 1. The highest BCUT2D eigenvalue weighted by atomic mass is 79.9. The Kier molecular flexibility index (Phi) is 2.84. The molecule has 0 heterocycles. The molecule has 0 N–H and O–H groups in total. The van der Waals surface area contributed by atoms with Crippen LogP contribution in [0.2, 0.25) is 0 Å². The van der Waals surface area contributed by atoms with Gasteiger partial charge < -0.3 is 4.74 Å². The molecule has 2 rings (SSSR count). The van der Waals surface area contributed by atoms with Crippen molar-refractivity contribution < 1.29 is 4.74 Å². The van der Waals surface area contributed by atoms with Crippen LogP contribution < -0.4 is 4.74 Å². The number of hydrogen-bond acceptors (Lipinski definition) is 2. The fourth-order valence-electron chi connectivity index (χ4n) is 2.02. The molecule has 5 heteroatoms. The van der Waals surface area contributed by atoms with E-state index in [1.54, 1.807) is 7.11 Å². The fraction of sp³-hybridized carbons (Fsp3) is 0.400. The van der Waals surface area contributed by atoms with Gasteiger partial charge in [-0.05, 0) is 36.1 Å². The smallest absolute Gasteiger partial charge is 0.123 e. The molecule has 0 saturated carbocycles. The SMILES string of the molecule is COc1cc(Br)cc2c1[C@H](N=[N+]=[N-])CC2. The first-order valence-corrected chi connectivity index (χ1v) is 5.46. The second-order valence-corrected chi connectivity index (χ2v) is 4.36. The number of halogens is 1. The monoisotopic (exact) mass is 267 g/mol. The first-order valence-electron chi connectivity index (χ1n) is 4.66. The Labute approximate surface area is 96.0 Å². The Morgan fingerprint density at radius 2 is 2.40 bits per heavy atom. The molecule has 0 unspecified atom stereocenters. The highest BCUT2D eigenvalue weighted by Crippen LogP contribution is 2.42. The van der Waals surface area contributed by atoms with Crippen molar-refractivity contribution in [2.45, 2.75) is 18.9 Å². The predicted octanol–water partition coefficient (Wildman–Crippen LogP) is 3.76. The van der Waals surface area contributed by atoms with E-state index in [1.807, 2.05) is 6.07 Å². The summed E-state index contributed by atoms with van der Waals surface area (Å²) in [6.45, 7) is 0. The van der Waals surface area contributed by atoms with Gasteiger partial charge >= 0.3 is 0 Å². The predicted molar refractivity (Wildman–Crippen MR) is 60.9 cm³/mol. The topological polar surface area (TPSA) is 58.0 Å². The van der Waals surface area contributed by atoms with E-state index in [4.69, 9.17) is 10.3 Å². The van der Waals surface area contributed by atoms with Crippen molar-refractivity contribution in [2.24, 2.45) is 5.11 Å². The van der Waals surface area contributed by atoms with Crippen molar-refractivity contribution in [1.29, 1.82) is 0 Å². The summed E-state index contributed by atoms with van der Waals surface area (Å²) in [5.74, 6) is 0.800. The van der Waals surface area contributed by atoms with Gasteiger partial charge in [-0.1, -0.05) is 21.0 Å². The average molecular weight is 268 g/mol. The highest BCUT2D eigenvalue weighted by Gasteiger charge is 2.25. The van der Waals surface area contributed by atoms with E-state index in [0.717, 1.165) is 28.6 Å². The summed E-state index contributed by atoms with van der Waals surface area (Å²) in [4.78, 5) is 2.87. The molecule has 1 aliphatic carbocycles. The highest BCUT2D eigenvalue weighted by molar-refractivity contribution is 9.10. The molecule has 1 aromatic carbocycles. The minimum absolute atomic E-state index is 0.0759. The molecular formula is C10H10BrN3O. The van der Waals surface area contributed by atoms with Crippen molar-refractivity contribution in [2.75, 3.05) is 7.11 Å². The normalized spacial score (nSPS) is 18.1. The largest absolute Gasteiger partial charge is 0.496 e. The first kappa shape index (κ1) is 10.3. The van der Waals surface area contributed by atoms with Crippen LogP contribution in [-0.4, -0.2) is 7.11 Å². The number of benzene rings is 1. The maximum Gasteiger partial charge on any atom is 0.123 e. The fourth-order valence-corrected chi connectivity index (χ4v) is 2.50. The number of fused-ring (bicyclic) bond motifs is 1. The van der Waals surface area contributed by atoms with Crippen LogP contribution in [-0.2, 0) is 6.42 Å². The number of rotatable bonds is 2. The van der Waals surface area contributed by atoms with Crippen LogP contribution >= 0.6 is 15.9 Å². The Morgan fingerprint density at radius 3 is 3.07 bits per heavy atom. The molecule has 0 aromatic heterocycles. The second-order valence-electron chi connectivity index (χ2n) is 3.44. The van der Waals surface area contributed by atoms with Crippen LogP contribution in [0.15, 0.2) is 21.7 Å². The lowest BCUT2D eigenvalue weighted by Gasteiger charge is -2.11. The lowest BCUT2D eigenvalue weighted by atomic mass is 10.1. The van der Waals surface area contributed by atoms with Gasteiger partial charge in [-0.25, -0.2) is 0 Å². The van der Waals surface area contributed by atoms with E-state index in [9.17, 15) is 0 Å². The maximum atomic E-state index is 8.48. The van der Waals surface area contributed by atoms with Crippen molar-refractivity contribution in [3.8, 4) is 5.75 Å². The summed E-state index contributed by atoms with van der Waals surface area (Å²) < 4.78 is 6.30. The maximum absolute atomic E-state index is 8.48. The van der Waals surface area contributed by atoms with Gasteiger partial charge in [-0.15, -0.1) is 0 Å². The van der Waals surface area contributed by atoms with Gasteiger partial charge in [0, 0.05) is 14.9 Å². The van der Waals surface area contributed by atoms with E-state index >= 15 is 0 Å². The molecule has 4 nitrogen and oxygen atoms in total. The molecule has 0 bridgehead atoms. The molecule has 0 amide bonds. The van der Waals surface area contributed by atoms with E-state index in [-0.39, 0.29) is 6.04 Å².